The van der Waals surface area contributed by atoms with Crippen molar-refractivity contribution in [1.29, 1.82) is 0 Å². The van der Waals surface area contributed by atoms with Crippen LogP contribution in [0.4, 0.5) is 5.00 Å². The van der Waals surface area contributed by atoms with Gasteiger partial charge in [0.05, 0.1) is 4.92 Å². The molecule has 0 bridgehead atoms. The Morgan fingerprint density at radius 2 is 2.06 bits per heavy atom. The summed E-state index contributed by atoms with van der Waals surface area (Å²) in [6, 6.07) is 7.35. The molecule has 0 radical (unpaired) electrons. The number of halogens is 1. The van der Waals surface area contributed by atoms with Gasteiger partial charge < -0.3 is 4.74 Å². The van der Waals surface area contributed by atoms with Crippen LogP contribution < -0.4 is 4.74 Å². The van der Waals surface area contributed by atoms with Gasteiger partial charge in [0.25, 0.3) is 5.19 Å². The van der Waals surface area contributed by atoms with Crippen LogP contribution in [0.2, 0.25) is 0 Å². The van der Waals surface area contributed by atoms with Gasteiger partial charge >= 0.3 is 5.00 Å². The van der Waals surface area contributed by atoms with Crippen LogP contribution in [0.15, 0.2) is 30.5 Å². The van der Waals surface area contributed by atoms with Crippen LogP contribution in [0.5, 0.6) is 10.9 Å². The summed E-state index contributed by atoms with van der Waals surface area (Å²) in [4.78, 5) is 13.8. The van der Waals surface area contributed by atoms with E-state index < -0.39 is 4.92 Å². The molecule has 0 N–H and O–H groups in total. The molecule has 2 aromatic rings. The lowest BCUT2D eigenvalue weighted by Crippen LogP contribution is -1.82. The van der Waals surface area contributed by atoms with Crippen molar-refractivity contribution in [3.8, 4) is 10.9 Å². The molecule has 2 rings (SSSR count). The van der Waals surface area contributed by atoms with Crippen LogP contribution in [0, 0.1) is 13.7 Å². The summed E-state index contributed by atoms with van der Waals surface area (Å²) < 4.78 is 6.46. The van der Waals surface area contributed by atoms with Crippen molar-refractivity contribution in [2.24, 2.45) is 0 Å². The third-order valence-electron chi connectivity index (χ3n) is 1.67. The second-order valence-electron chi connectivity index (χ2n) is 2.78. The molecule has 0 spiro atoms. The summed E-state index contributed by atoms with van der Waals surface area (Å²) in [5.74, 6) is 0.615. The lowest BCUT2D eigenvalue weighted by Gasteiger charge is -1.99. The van der Waals surface area contributed by atoms with Crippen molar-refractivity contribution in [2.75, 3.05) is 0 Å². The van der Waals surface area contributed by atoms with Crippen molar-refractivity contribution >= 4 is 38.9 Å². The molecule has 1 aromatic heterocycles. The van der Waals surface area contributed by atoms with Crippen LogP contribution in [0.3, 0.4) is 0 Å². The van der Waals surface area contributed by atoms with Crippen LogP contribution >= 0.6 is 33.9 Å². The SMILES string of the molecule is O=[N+]([O-])c1cnc(Oc2ccc(I)cc2)s1. The Balaban J connectivity index is 2.14. The Morgan fingerprint density at radius 3 is 2.62 bits per heavy atom. The van der Waals surface area contributed by atoms with Gasteiger partial charge in [0.15, 0.2) is 0 Å². The van der Waals surface area contributed by atoms with Crippen molar-refractivity contribution in [3.63, 3.8) is 0 Å². The lowest BCUT2D eigenvalue weighted by atomic mass is 10.3. The highest BCUT2D eigenvalue weighted by atomic mass is 127. The first-order valence-electron chi connectivity index (χ1n) is 4.19. The second-order valence-corrected chi connectivity index (χ2v) is 4.99. The average Bonchev–Trinajstić information content (AvgIpc) is 2.70. The molecule has 16 heavy (non-hydrogen) atoms. The lowest BCUT2D eigenvalue weighted by molar-refractivity contribution is -0.380. The van der Waals surface area contributed by atoms with Gasteiger partial charge in [-0.15, -0.1) is 0 Å². The molecule has 0 fully saturated rings. The number of benzene rings is 1. The van der Waals surface area contributed by atoms with E-state index in [0.717, 1.165) is 14.9 Å². The Bertz CT molecular complexity index is 512. The number of rotatable bonds is 3. The summed E-state index contributed by atoms with van der Waals surface area (Å²) in [6.07, 6.45) is 1.19. The van der Waals surface area contributed by atoms with Crippen molar-refractivity contribution in [2.45, 2.75) is 0 Å². The zero-order valence-corrected chi connectivity index (χ0v) is 10.8. The van der Waals surface area contributed by atoms with Crippen molar-refractivity contribution < 1.29 is 9.66 Å². The third kappa shape index (κ3) is 2.67. The van der Waals surface area contributed by atoms with Gasteiger partial charge in [-0.05, 0) is 58.2 Å². The van der Waals surface area contributed by atoms with E-state index in [2.05, 4.69) is 27.6 Å². The number of hydrogen-bond acceptors (Lipinski definition) is 5. The first kappa shape index (κ1) is 11.3. The van der Waals surface area contributed by atoms with Crippen molar-refractivity contribution in [3.05, 3.63) is 44.1 Å². The van der Waals surface area contributed by atoms with Crippen LogP contribution in [0.1, 0.15) is 0 Å². The molecule has 1 heterocycles. The number of nitro groups is 1. The van der Waals surface area contributed by atoms with E-state index in [-0.39, 0.29) is 10.2 Å². The third-order valence-corrected chi connectivity index (χ3v) is 3.22. The number of aromatic nitrogens is 1. The molecular formula is C9H5IN2O3S. The molecule has 1 aromatic carbocycles. The maximum absolute atomic E-state index is 10.4. The minimum Gasteiger partial charge on any atom is -0.431 e. The number of hydrogen-bond donors (Lipinski definition) is 0. The summed E-state index contributed by atoms with van der Waals surface area (Å²) in [5.41, 5.74) is 0. The molecule has 0 atom stereocenters. The van der Waals surface area contributed by atoms with Gasteiger partial charge in [-0.2, -0.15) is 0 Å². The molecule has 0 aliphatic heterocycles. The molecule has 0 saturated carbocycles. The quantitative estimate of drug-likeness (QED) is 0.484. The predicted molar refractivity (Wildman–Crippen MR) is 68.0 cm³/mol. The Hall–Kier alpha value is -1.22. The van der Waals surface area contributed by atoms with E-state index in [1.54, 1.807) is 12.1 Å². The second kappa shape index (κ2) is 4.74. The number of ether oxygens (including phenoxy) is 1. The zero-order valence-electron chi connectivity index (χ0n) is 7.79. The van der Waals surface area contributed by atoms with E-state index in [9.17, 15) is 10.1 Å². The van der Waals surface area contributed by atoms with Crippen LogP contribution in [-0.2, 0) is 0 Å². The largest absolute Gasteiger partial charge is 0.431 e. The Labute approximate surface area is 108 Å². The van der Waals surface area contributed by atoms with Gasteiger partial charge in [0.2, 0.25) is 0 Å². The highest BCUT2D eigenvalue weighted by Gasteiger charge is 2.12. The standard InChI is InChI=1S/C9H5IN2O3S/c10-6-1-3-7(4-2-6)15-9-11-5-8(16-9)12(13)14/h1-5H. The zero-order chi connectivity index (χ0) is 11.5. The highest BCUT2D eigenvalue weighted by Crippen LogP contribution is 2.30. The topological polar surface area (TPSA) is 65.3 Å². The molecule has 0 amide bonds. The van der Waals surface area contributed by atoms with E-state index in [1.165, 1.54) is 6.20 Å². The number of nitrogens with zero attached hydrogens (tertiary/aromatic N) is 2. The van der Waals surface area contributed by atoms with Crippen molar-refractivity contribution in [1.82, 2.24) is 4.98 Å². The van der Waals surface area contributed by atoms with Crippen LogP contribution in [-0.4, -0.2) is 9.91 Å². The van der Waals surface area contributed by atoms with Gasteiger partial charge in [0, 0.05) is 3.57 Å². The Morgan fingerprint density at radius 1 is 1.38 bits per heavy atom. The molecule has 0 unspecified atom stereocenters. The van der Waals surface area contributed by atoms with Gasteiger partial charge in [0.1, 0.15) is 11.9 Å². The molecule has 0 aliphatic carbocycles. The molecule has 0 aliphatic rings. The molecule has 82 valence electrons. The van der Waals surface area contributed by atoms with Crippen LogP contribution in [0.25, 0.3) is 0 Å². The minimum absolute atomic E-state index is 0.0273. The van der Waals surface area contributed by atoms with E-state index >= 15 is 0 Å². The van der Waals surface area contributed by atoms with E-state index in [4.69, 9.17) is 4.74 Å². The first-order chi connectivity index (χ1) is 7.65. The van der Waals surface area contributed by atoms with Gasteiger partial charge in [-0.1, -0.05) is 0 Å². The molecule has 5 nitrogen and oxygen atoms in total. The van der Waals surface area contributed by atoms with E-state index in [0.29, 0.717) is 5.75 Å². The number of thiazole rings is 1. The first-order valence-corrected chi connectivity index (χ1v) is 6.08. The molecule has 0 saturated heterocycles. The Kier molecular flexibility index (Phi) is 3.34. The predicted octanol–water partition coefficient (Wildman–Crippen LogP) is 3.45. The maximum atomic E-state index is 10.4. The van der Waals surface area contributed by atoms with E-state index in [1.807, 2.05) is 12.1 Å². The minimum atomic E-state index is -0.488. The fraction of sp³-hybridized carbons (Fsp3) is 0. The summed E-state index contributed by atoms with van der Waals surface area (Å²) in [5, 5.41) is 10.7. The highest BCUT2D eigenvalue weighted by molar-refractivity contribution is 14.1. The monoisotopic (exact) mass is 348 g/mol. The van der Waals surface area contributed by atoms with Gasteiger partial charge in [-0.3, -0.25) is 10.1 Å². The maximum Gasteiger partial charge on any atom is 0.347 e. The summed E-state index contributed by atoms with van der Waals surface area (Å²) >= 11 is 3.09. The fourth-order valence-corrected chi connectivity index (χ4v) is 1.95. The smallest absolute Gasteiger partial charge is 0.347 e. The fourth-order valence-electron chi connectivity index (χ4n) is 0.985. The average molecular weight is 348 g/mol. The molecular weight excluding hydrogens is 343 g/mol. The normalized spacial score (nSPS) is 10.1. The summed E-state index contributed by atoms with van der Waals surface area (Å²) in [7, 11) is 0. The summed E-state index contributed by atoms with van der Waals surface area (Å²) in [6.45, 7) is 0. The van der Waals surface area contributed by atoms with Gasteiger partial charge in [-0.25, -0.2) is 4.98 Å². The molecule has 7 heteroatoms.